The number of morpholine rings is 1. The van der Waals surface area contributed by atoms with Crippen LogP contribution in [0, 0.1) is 11.3 Å². The summed E-state index contributed by atoms with van der Waals surface area (Å²) in [5.74, 6) is 0.599. The topological polar surface area (TPSA) is 62.3 Å². The number of rotatable bonds is 2. The van der Waals surface area contributed by atoms with Gasteiger partial charge in [-0.2, -0.15) is 18.4 Å². The van der Waals surface area contributed by atoms with E-state index in [0.717, 1.165) is 12.1 Å². The Labute approximate surface area is 129 Å². The summed E-state index contributed by atoms with van der Waals surface area (Å²) in [5, 5.41) is 9.14. The summed E-state index contributed by atoms with van der Waals surface area (Å²) in [5.41, 5.74) is -0.925. The molecule has 1 fully saturated rings. The Hall–Kier alpha value is -2.53. The highest BCUT2D eigenvalue weighted by Gasteiger charge is 2.34. The van der Waals surface area contributed by atoms with Crippen LogP contribution in [0.5, 0.6) is 0 Å². The first-order valence-corrected chi connectivity index (χ1v) is 6.87. The van der Waals surface area contributed by atoms with Crippen LogP contribution >= 0.6 is 0 Å². The molecule has 1 aliphatic rings. The maximum atomic E-state index is 12.9. The number of alkyl halides is 3. The quantitative estimate of drug-likeness (QED) is 0.849. The molecule has 0 aromatic carbocycles. The van der Waals surface area contributed by atoms with Crippen molar-refractivity contribution in [1.82, 2.24) is 4.98 Å². The first-order valence-electron chi connectivity index (χ1n) is 6.87. The van der Waals surface area contributed by atoms with E-state index in [1.54, 1.807) is 17.0 Å². The average molecular weight is 323 g/mol. The fraction of sp³-hybridized carbons (Fsp3) is 0.333. The highest BCUT2D eigenvalue weighted by molar-refractivity contribution is 5.55. The molecule has 1 unspecified atom stereocenters. The molecule has 0 amide bonds. The molecule has 0 radical (unpaired) electrons. The minimum absolute atomic E-state index is 0.0159. The van der Waals surface area contributed by atoms with Crippen molar-refractivity contribution in [2.45, 2.75) is 12.3 Å². The summed E-state index contributed by atoms with van der Waals surface area (Å²) in [7, 11) is 0. The molecule has 5 nitrogen and oxygen atoms in total. The standard InChI is InChI=1S/C15H12F3N3O2/c16-15(17,18)13-4-3-10(8-19)14(20-13)21-5-7-23-12(9-21)11-2-1-6-22-11/h1-4,6,12H,5,7,9H2. The van der Waals surface area contributed by atoms with Crippen LogP contribution in [0.4, 0.5) is 19.0 Å². The molecule has 0 bridgehead atoms. The summed E-state index contributed by atoms with van der Waals surface area (Å²) in [6.07, 6.45) is -3.47. The lowest BCUT2D eigenvalue weighted by atomic mass is 10.1. The number of nitriles is 1. The van der Waals surface area contributed by atoms with Crippen LogP contribution in [0.15, 0.2) is 34.9 Å². The number of hydrogen-bond donors (Lipinski definition) is 0. The van der Waals surface area contributed by atoms with Crippen molar-refractivity contribution < 1.29 is 22.3 Å². The monoisotopic (exact) mass is 323 g/mol. The molecule has 0 aliphatic carbocycles. The third-order valence-electron chi connectivity index (χ3n) is 3.51. The van der Waals surface area contributed by atoms with E-state index in [0.29, 0.717) is 18.9 Å². The second-order valence-electron chi connectivity index (χ2n) is 5.00. The van der Waals surface area contributed by atoms with Crippen LogP contribution in [0.25, 0.3) is 0 Å². The number of anilines is 1. The summed E-state index contributed by atoms with van der Waals surface area (Å²) in [4.78, 5) is 5.26. The Morgan fingerprint density at radius 1 is 1.30 bits per heavy atom. The minimum Gasteiger partial charge on any atom is -0.467 e. The number of aromatic nitrogens is 1. The van der Waals surface area contributed by atoms with Crippen LogP contribution in [-0.2, 0) is 10.9 Å². The van der Waals surface area contributed by atoms with Gasteiger partial charge in [-0.25, -0.2) is 4.98 Å². The van der Waals surface area contributed by atoms with Crippen LogP contribution < -0.4 is 4.90 Å². The second kappa shape index (κ2) is 5.93. The first-order chi connectivity index (χ1) is 11.0. The molecular weight excluding hydrogens is 311 g/mol. The Morgan fingerprint density at radius 3 is 2.78 bits per heavy atom. The molecule has 3 heterocycles. The highest BCUT2D eigenvalue weighted by Crippen LogP contribution is 2.32. The molecular formula is C15H12F3N3O2. The van der Waals surface area contributed by atoms with Gasteiger partial charge in [0.15, 0.2) is 0 Å². The number of ether oxygens (including phenoxy) is 1. The summed E-state index contributed by atoms with van der Waals surface area (Å²) >= 11 is 0. The maximum Gasteiger partial charge on any atom is 0.433 e. The van der Waals surface area contributed by atoms with Gasteiger partial charge >= 0.3 is 6.18 Å². The fourth-order valence-corrected chi connectivity index (χ4v) is 2.42. The van der Waals surface area contributed by atoms with Crippen molar-refractivity contribution in [3.05, 3.63) is 47.5 Å². The number of nitrogens with zero attached hydrogens (tertiary/aromatic N) is 3. The van der Waals surface area contributed by atoms with Crippen molar-refractivity contribution in [2.75, 3.05) is 24.6 Å². The van der Waals surface area contributed by atoms with Crippen LogP contribution in [0.2, 0.25) is 0 Å². The van der Waals surface area contributed by atoms with E-state index in [9.17, 15) is 13.2 Å². The van der Waals surface area contributed by atoms with Gasteiger partial charge in [-0.1, -0.05) is 0 Å². The molecule has 8 heteroatoms. The van der Waals surface area contributed by atoms with Crippen LogP contribution in [-0.4, -0.2) is 24.7 Å². The van der Waals surface area contributed by atoms with E-state index in [1.165, 1.54) is 6.26 Å². The largest absolute Gasteiger partial charge is 0.467 e. The van der Waals surface area contributed by atoms with E-state index in [4.69, 9.17) is 14.4 Å². The predicted octanol–water partition coefficient (Wildman–Crippen LogP) is 3.14. The lowest BCUT2D eigenvalue weighted by molar-refractivity contribution is -0.141. The molecule has 120 valence electrons. The van der Waals surface area contributed by atoms with E-state index >= 15 is 0 Å². The SMILES string of the molecule is N#Cc1ccc(C(F)(F)F)nc1N1CCOC(c2ccco2)C1. The third-order valence-corrected chi connectivity index (χ3v) is 3.51. The normalized spacial score (nSPS) is 18.7. The van der Waals surface area contributed by atoms with E-state index < -0.39 is 18.0 Å². The molecule has 2 aromatic heterocycles. The van der Waals surface area contributed by atoms with Gasteiger partial charge in [-0.15, -0.1) is 0 Å². The second-order valence-corrected chi connectivity index (χ2v) is 5.00. The van der Waals surface area contributed by atoms with Gasteiger partial charge in [0.1, 0.15) is 29.4 Å². The molecule has 1 aliphatic heterocycles. The van der Waals surface area contributed by atoms with E-state index in [2.05, 4.69) is 4.98 Å². The maximum absolute atomic E-state index is 12.9. The van der Waals surface area contributed by atoms with Crippen molar-refractivity contribution in [3.8, 4) is 6.07 Å². The summed E-state index contributed by atoms with van der Waals surface area (Å²) < 4.78 is 49.5. The first kappa shape index (κ1) is 15.4. The molecule has 1 atom stereocenters. The van der Waals surface area contributed by atoms with Gasteiger partial charge in [0.25, 0.3) is 0 Å². The van der Waals surface area contributed by atoms with Crippen molar-refractivity contribution in [3.63, 3.8) is 0 Å². The lowest BCUT2D eigenvalue weighted by Gasteiger charge is -2.33. The van der Waals surface area contributed by atoms with Crippen molar-refractivity contribution >= 4 is 5.82 Å². The average Bonchev–Trinajstić information content (AvgIpc) is 3.08. The molecule has 1 saturated heterocycles. The van der Waals surface area contributed by atoms with Gasteiger partial charge < -0.3 is 14.1 Å². The molecule has 23 heavy (non-hydrogen) atoms. The summed E-state index contributed by atoms with van der Waals surface area (Å²) in [6, 6.07) is 7.28. The molecule has 0 spiro atoms. The lowest BCUT2D eigenvalue weighted by Crippen LogP contribution is -2.39. The van der Waals surface area contributed by atoms with Crippen molar-refractivity contribution in [1.29, 1.82) is 5.26 Å². The van der Waals surface area contributed by atoms with Gasteiger partial charge in [-0.05, 0) is 24.3 Å². The number of halogens is 3. The van der Waals surface area contributed by atoms with E-state index in [1.807, 2.05) is 6.07 Å². The molecule has 3 rings (SSSR count). The molecule has 0 saturated carbocycles. The highest BCUT2D eigenvalue weighted by atomic mass is 19.4. The van der Waals surface area contributed by atoms with Gasteiger partial charge in [0.05, 0.1) is 25.0 Å². The Morgan fingerprint density at radius 2 is 2.13 bits per heavy atom. The molecule has 2 aromatic rings. The van der Waals surface area contributed by atoms with Gasteiger partial charge in [0, 0.05) is 6.54 Å². The van der Waals surface area contributed by atoms with Crippen LogP contribution in [0.3, 0.4) is 0 Å². The zero-order valence-electron chi connectivity index (χ0n) is 11.9. The van der Waals surface area contributed by atoms with Gasteiger partial charge in [-0.3, -0.25) is 0 Å². The number of hydrogen-bond acceptors (Lipinski definition) is 5. The Kier molecular flexibility index (Phi) is 3.96. The number of pyridine rings is 1. The van der Waals surface area contributed by atoms with E-state index in [-0.39, 0.29) is 17.9 Å². The Bertz CT molecular complexity index is 723. The van der Waals surface area contributed by atoms with Gasteiger partial charge in [0.2, 0.25) is 0 Å². The smallest absolute Gasteiger partial charge is 0.433 e. The van der Waals surface area contributed by atoms with Crippen molar-refractivity contribution in [2.24, 2.45) is 0 Å². The zero-order valence-corrected chi connectivity index (χ0v) is 11.9. The zero-order chi connectivity index (χ0) is 16.4. The number of furan rings is 1. The third kappa shape index (κ3) is 3.14. The summed E-state index contributed by atoms with van der Waals surface area (Å²) in [6.45, 7) is 0.908. The van der Waals surface area contributed by atoms with Crippen LogP contribution in [0.1, 0.15) is 23.1 Å². The molecule has 0 N–H and O–H groups in total. The Balaban J connectivity index is 1.92. The predicted molar refractivity (Wildman–Crippen MR) is 73.6 cm³/mol. The fourth-order valence-electron chi connectivity index (χ4n) is 2.42. The minimum atomic E-state index is -4.56.